The summed E-state index contributed by atoms with van der Waals surface area (Å²) in [5.41, 5.74) is 5.54. The van der Waals surface area contributed by atoms with E-state index in [1.165, 1.54) is 0 Å². The number of likely N-dealkylation sites (tertiary alicyclic amines) is 1. The van der Waals surface area contributed by atoms with Crippen molar-refractivity contribution in [2.75, 3.05) is 52.5 Å². The van der Waals surface area contributed by atoms with E-state index >= 15 is 0 Å². The van der Waals surface area contributed by atoms with Crippen molar-refractivity contribution >= 4 is 5.91 Å². The molecule has 0 spiro atoms. The van der Waals surface area contributed by atoms with Crippen molar-refractivity contribution < 1.29 is 9.53 Å². The Morgan fingerprint density at radius 1 is 1.18 bits per heavy atom. The van der Waals surface area contributed by atoms with Crippen LogP contribution in [0.4, 0.5) is 0 Å². The smallest absolute Gasteiger partial charge is 0.225 e. The lowest BCUT2D eigenvalue weighted by atomic mass is 9.95. The topological polar surface area (TPSA) is 58.8 Å². The highest BCUT2D eigenvalue weighted by Crippen LogP contribution is 2.19. The van der Waals surface area contributed by atoms with Crippen LogP contribution in [0.25, 0.3) is 0 Å². The molecule has 2 fully saturated rings. The molecule has 0 unspecified atom stereocenters. The van der Waals surface area contributed by atoms with Gasteiger partial charge in [-0.1, -0.05) is 0 Å². The maximum absolute atomic E-state index is 12.2. The van der Waals surface area contributed by atoms with Crippen molar-refractivity contribution in [2.24, 2.45) is 11.7 Å². The molecular formula is C12H23N3O2. The molecule has 0 atom stereocenters. The van der Waals surface area contributed by atoms with Crippen molar-refractivity contribution in [1.82, 2.24) is 9.80 Å². The van der Waals surface area contributed by atoms with Crippen molar-refractivity contribution in [2.45, 2.75) is 12.8 Å². The highest BCUT2D eigenvalue weighted by Gasteiger charge is 2.28. The molecule has 2 saturated heterocycles. The summed E-state index contributed by atoms with van der Waals surface area (Å²) in [4.78, 5) is 16.6. The Balaban J connectivity index is 1.77. The van der Waals surface area contributed by atoms with Gasteiger partial charge in [-0.2, -0.15) is 0 Å². The molecule has 0 aromatic rings. The summed E-state index contributed by atoms with van der Waals surface area (Å²) in [6.07, 6.45) is 1.96. The maximum Gasteiger partial charge on any atom is 0.225 e. The maximum atomic E-state index is 12.2. The summed E-state index contributed by atoms with van der Waals surface area (Å²) in [5.74, 6) is 0.558. The fraction of sp³-hybridized carbons (Fsp3) is 0.917. The monoisotopic (exact) mass is 241 g/mol. The predicted octanol–water partition coefficient (Wildman–Crippen LogP) is -0.484. The standard InChI is InChI=1S/C12H23N3O2/c13-3-6-14-4-1-11(2-5-14)12(16)15-7-9-17-10-8-15/h11H,1-10,13H2. The number of rotatable bonds is 3. The molecule has 17 heavy (non-hydrogen) atoms. The van der Waals surface area contributed by atoms with Gasteiger partial charge in [-0.05, 0) is 25.9 Å². The number of piperidine rings is 1. The van der Waals surface area contributed by atoms with E-state index in [9.17, 15) is 4.79 Å². The zero-order chi connectivity index (χ0) is 12.1. The first kappa shape index (κ1) is 12.8. The van der Waals surface area contributed by atoms with Crippen molar-refractivity contribution in [1.29, 1.82) is 0 Å². The van der Waals surface area contributed by atoms with Crippen LogP contribution in [0.3, 0.4) is 0 Å². The van der Waals surface area contributed by atoms with E-state index in [0.717, 1.165) is 45.6 Å². The quantitative estimate of drug-likeness (QED) is 0.725. The number of carbonyl (C=O) groups excluding carboxylic acids is 1. The zero-order valence-electron chi connectivity index (χ0n) is 10.4. The second-order valence-corrected chi connectivity index (χ2v) is 4.84. The highest BCUT2D eigenvalue weighted by atomic mass is 16.5. The number of hydrogen-bond donors (Lipinski definition) is 1. The van der Waals surface area contributed by atoms with Gasteiger partial charge in [0.2, 0.25) is 5.91 Å². The summed E-state index contributed by atoms with van der Waals surface area (Å²) < 4.78 is 5.27. The molecule has 98 valence electrons. The van der Waals surface area contributed by atoms with Crippen LogP contribution in [0.5, 0.6) is 0 Å². The third-order valence-electron chi connectivity index (χ3n) is 3.70. The minimum atomic E-state index is 0.224. The molecular weight excluding hydrogens is 218 g/mol. The molecule has 2 aliphatic heterocycles. The first-order valence-corrected chi connectivity index (χ1v) is 6.60. The van der Waals surface area contributed by atoms with Crippen molar-refractivity contribution in [3.05, 3.63) is 0 Å². The van der Waals surface area contributed by atoms with Gasteiger partial charge in [-0.25, -0.2) is 0 Å². The fourth-order valence-corrected chi connectivity index (χ4v) is 2.63. The van der Waals surface area contributed by atoms with E-state index in [0.29, 0.717) is 25.7 Å². The minimum Gasteiger partial charge on any atom is -0.378 e. The van der Waals surface area contributed by atoms with Crippen LogP contribution in [0.1, 0.15) is 12.8 Å². The minimum absolute atomic E-state index is 0.224. The Morgan fingerprint density at radius 2 is 1.82 bits per heavy atom. The molecule has 0 radical (unpaired) electrons. The molecule has 0 aliphatic carbocycles. The van der Waals surface area contributed by atoms with E-state index in [2.05, 4.69) is 4.90 Å². The number of nitrogens with zero attached hydrogens (tertiary/aromatic N) is 2. The van der Waals surface area contributed by atoms with Crippen LogP contribution >= 0.6 is 0 Å². The van der Waals surface area contributed by atoms with Gasteiger partial charge in [0.05, 0.1) is 13.2 Å². The number of hydrogen-bond acceptors (Lipinski definition) is 4. The van der Waals surface area contributed by atoms with Gasteiger partial charge in [-0.3, -0.25) is 4.79 Å². The molecule has 2 heterocycles. The van der Waals surface area contributed by atoms with E-state index in [1.807, 2.05) is 4.90 Å². The summed E-state index contributed by atoms with van der Waals surface area (Å²) in [5, 5.41) is 0. The van der Waals surface area contributed by atoms with E-state index in [4.69, 9.17) is 10.5 Å². The Kier molecular flexibility index (Phi) is 4.76. The van der Waals surface area contributed by atoms with Gasteiger partial charge in [0.15, 0.2) is 0 Å². The summed E-state index contributed by atoms with van der Waals surface area (Å²) in [7, 11) is 0. The molecule has 0 aromatic carbocycles. The number of amides is 1. The molecule has 5 nitrogen and oxygen atoms in total. The fourth-order valence-electron chi connectivity index (χ4n) is 2.63. The third kappa shape index (κ3) is 3.40. The number of carbonyl (C=O) groups is 1. The highest BCUT2D eigenvalue weighted by molar-refractivity contribution is 5.79. The molecule has 1 amide bonds. The lowest BCUT2D eigenvalue weighted by Gasteiger charge is -2.35. The second kappa shape index (κ2) is 6.33. The van der Waals surface area contributed by atoms with Gasteiger partial charge >= 0.3 is 0 Å². The molecule has 2 rings (SSSR count). The number of ether oxygens (including phenoxy) is 1. The normalized spacial score (nSPS) is 23.9. The van der Waals surface area contributed by atoms with Crippen LogP contribution in [-0.2, 0) is 9.53 Å². The molecule has 5 heteroatoms. The van der Waals surface area contributed by atoms with E-state index in [1.54, 1.807) is 0 Å². The average molecular weight is 241 g/mol. The van der Waals surface area contributed by atoms with E-state index in [-0.39, 0.29) is 5.92 Å². The van der Waals surface area contributed by atoms with E-state index < -0.39 is 0 Å². The Bertz CT molecular complexity index is 246. The van der Waals surface area contributed by atoms with Gasteiger partial charge in [0, 0.05) is 32.1 Å². The Hall–Kier alpha value is -0.650. The van der Waals surface area contributed by atoms with Gasteiger partial charge in [-0.15, -0.1) is 0 Å². The SMILES string of the molecule is NCCN1CCC(C(=O)N2CCOCC2)CC1. The second-order valence-electron chi connectivity index (χ2n) is 4.84. The van der Waals surface area contributed by atoms with Gasteiger partial charge in [0.1, 0.15) is 0 Å². The van der Waals surface area contributed by atoms with Gasteiger partial charge in [0.25, 0.3) is 0 Å². The number of morpholine rings is 1. The number of nitrogens with two attached hydrogens (primary N) is 1. The Morgan fingerprint density at radius 3 is 2.41 bits per heavy atom. The lowest BCUT2D eigenvalue weighted by molar-refractivity contribution is -0.141. The van der Waals surface area contributed by atoms with Crippen molar-refractivity contribution in [3.63, 3.8) is 0 Å². The summed E-state index contributed by atoms with van der Waals surface area (Å²) in [6.45, 7) is 6.61. The Labute approximate surface area is 103 Å². The molecule has 2 N–H and O–H groups in total. The van der Waals surface area contributed by atoms with Crippen LogP contribution in [0.15, 0.2) is 0 Å². The summed E-state index contributed by atoms with van der Waals surface area (Å²) in [6, 6.07) is 0. The summed E-state index contributed by atoms with van der Waals surface area (Å²) >= 11 is 0. The van der Waals surface area contributed by atoms with Crippen LogP contribution in [-0.4, -0.2) is 68.2 Å². The third-order valence-corrected chi connectivity index (χ3v) is 3.70. The van der Waals surface area contributed by atoms with Crippen LogP contribution < -0.4 is 5.73 Å². The lowest BCUT2D eigenvalue weighted by Crippen LogP contribution is -2.47. The average Bonchev–Trinajstić information content (AvgIpc) is 2.40. The first-order valence-electron chi connectivity index (χ1n) is 6.60. The molecule has 2 aliphatic rings. The molecule has 0 bridgehead atoms. The first-order chi connectivity index (χ1) is 8.31. The molecule has 0 saturated carbocycles. The largest absolute Gasteiger partial charge is 0.378 e. The zero-order valence-corrected chi connectivity index (χ0v) is 10.4. The van der Waals surface area contributed by atoms with Gasteiger partial charge < -0.3 is 20.3 Å². The van der Waals surface area contributed by atoms with Crippen LogP contribution in [0, 0.1) is 5.92 Å². The van der Waals surface area contributed by atoms with Crippen LogP contribution in [0.2, 0.25) is 0 Å². The van der Waals surface area contributed by atoms with Crippen molar-refractivity contribution in [3.8, 4) is 0 Å². The predicted molar refractivity (Wildman–Crippen MR) is 65.6 cm³/mol. The molecule has 0 aromatic heterocycles.